The summed E-state index contributed by atoms with van der Waals surface area (Å²) >= 11 is 3.31. The lowest BCUT2D eigenvalue weighted by molar-refractivity contribution is 0.733. The van der Waals surface area contributed by atoms with Gasteiger partial charge in [0.05, 0.1) is 11.0 Å². The monoisotopic (exact) mass is 343 g/mol. The van der Waals surface area contributed by atoms with Crippen molar-refractivity contribution >= 4 is 21.9 Å². The Morgan fingerprint density at radius 1 is 1.05 bits per heavy atom. The van der Waals surface area contributed by atoms with Crippen LogP contribution in [0.3, 0.4) is 0 Å². The van der Waals surface area contributed by atoms with Crippen molar-refractivity contribution < 1.29 is 0 Å². The van der Waals surface area contributed by atoms with Crippen LogP contribution in [0, 0.1) is 0 Å². The zero-order valence-corrected chi connectivity index (χ0v) is 12.9. The first kappa shape index (κ1) is 13.8. The molecule has 0 spiro atoms. The van der Waals surface area contributed by atoms with Gasteiger partial charge in [-0.25, -0.2) is 15.0 Å². The summed E-state index contributed by atoms with van der Waals surface area (Å²) in [7, 11) is 0. The SMILES string of the molecule is Brc1cnc(NCc2nccn2Cc2ccccc2)nc1. The summed E-state index contributed by atoms with van der Waals surface area (Å²) in [6, 6.07) is 10.3. The fourth-order valence-corrected chi connectivity index (χ4v) is 2.20. The van der Waals surface area contributed by atoms with E-state index in [1.807, 2.05) is 30.6 Å². The van der Waals surface area contributed by atoms with Gasteiger partial charge in [-0.15, -0.1) is 0 Å². The molecular weight excluding hydrogens is 330 g/mol. The summed E-state index contributed by atoms with van der Waals surface area (Å²) < 4.78 is 2.97. The molecule has 106 valence electrons. The maximum absolute atomic E-state index is 4.38. The number of anilines is 1. The lowest BCUT2D eigenvalue weighted by Gasteiger charge is -2.09. The van der Waals surface area contributed by atoms with Crippen molar-refractivity contribution in [2.45, 2.75) is 13.1 Å². The third-order valence-electron chi connectivity index (χ3n) is 3.02. The first-order chi connectivity index (χ1) is 10.3. The number of nitrogens with zero attached hydrogens (tertiary/aromatic N) is 4. The van der Waals surface area contributed by atoms with Gasteiger partial charge in [-0.1, -0.05) is 30.3 Å². The normalized spacial score (nSPS) is 10.5. The Morgan fingerprint density at radius 3 is 2.57 bits per heavy atom. The van der Waals surface area contributed by atoms with Crippen LogP contribution in [-0.4, -0.2) is 19.5 Å². The molecule has 2 heterocycles. The third-order valence-corrected chi connectivity index (χ3v) is 3.43. The molecule has 5 nitrogen and oxygen atoms in total. The fourth-order valence-electron chi connectivity index (χ4n) is 1.99. The van der Waals surface area contributed by atoms with E-state index in [1.54, 1.807) is 12.4 Å². The molecule has 1 aromatic carbocycles. The van der Waals surface area contributed by atoms with Crippen molar-refractivity contribution in [3.63, 3.8) is 0 Å². The predicted molar refractivity (Wildman–Crippen MR) is 84.8 cm³/mol. The second-order valence-corrected chi connectivity index (χ2v) is 5.45. The molecule has 0 unspecified atom stereocenters. The molecule has 0 saturated carbocycles. The van der Waals surface area contributed by atoms with E-state index in [2.05, 4.69) is 52.9 Å². The van der Waals surface area contributed by atoms with Crippen LogP contribution in [-0.2, 0) is 13.1 Å². The van der Waals surface area contributed by atoms with E-state index in [1.165, 1.54) is 5.56 Å². The van der Waals surface area contributed by atoms with Gasteiger partial charge < -0.3 is 9.88 Å². The number of imidazole rings is 1. The summed E-state index contributed by atoms with van der Waals surface area (Å²) in [5.74, 6) is 1.54. The Kier molecular flexibility index (Phi) is 4.25. The molecule has 0 atom stereocenters. The van der Waals surface area contributed by atoms with Crippen LogP contribution in [0.5, 0.6) is 0 Å². The minimum atomic E-state index is 0.585. The van der Waals surface area contributed by atoms with Crippen LogP contribution in [0.15, 0.2) is 59.6 Å². The molecule has 0 amide bonds. The second kappa shape index (κ2) is 6.49. The van der Waals surface area contributed by atoms with E-state index in [0.717, 1.165) is 16.8 Å². The van der Waals surface area contributed by atoms with E-state index in [0.29, 0.717) is 12.5 Å². The van der Waals surface area contributed by atoms with Crippen LogP contribution in [0.4, 0.5) is 5.95 Å². The Bertz CT molecular complexity index is 694. The van der Waals surface area contributed by atoms with Gasteiger partial charge in [-0.2, -0.15) is 0 Å². The molecule has 0 radical (unpaired) electrons. The Labute approximate surface area is 131 Å². The van der Waals surface area contributed by atoms with E-state index in [-0.39, 0.29) is 0 Å². The number of rotatable bonds is 5. The number of nitrogens with one attached hydrogen (secondary N) is 1. The van der Waals surface area contributed by atoms with Gasteiger partial charge in [0.1, 0.15) is 5.82 Å². The van der Waals surface area contributed by atoms with Crippen LogP contribution in [0.1, 0.15) is 11.4 Å². The van der Waals surface area contributed by atoms with Crippen molar-refractivity contribution in [3.8, 4) is 0 Å². The minimum Gasteiger partial charge on any atom is -0.347 e. The number of hydrogen-bond donors (Lipinski definition) is 1. The van der Waals surface area contributed by atoms with Crippen molar-refractivity contribution in [3.05, 3.63) is 71.0 Å². The molecule has 0 fully saturated rings. The summed E-state index contributed by atoms with van der Waals surface area (Å²) in [6.07, 6.45) is 7.21. The van der Waals surface area contributed by atoms with Crippen molar-refractivity contribution in [1.82, 2.24) is 19.5 Å². The van der Waals surface area contributed by atoms with Crippen LogP contribution >= 0.6 is 15.9 Å². The molecule has 21 heavy (non-hydrogen) atoms. The number of hydrogen-bond acceptors (Lipinski definition) is 4. The molecule has 1 N–H and O–H groups in total. The minimum absolute atomic E-state index is 0.585. The van der Waals surface area contributed by atoms with Gasteiger partial charge in [0.15, 0.2) is 0 Å². The maximum Gasteiger partial charge on any atom is 0.223 e. The number of halogens is 1. The molecular formula is C15H14BrN5. The zero-order chi connectivity index (χ0) is 14.5. The molecule has 2 aromatic heterocycles. The van der Waals surface area contributed by atoms with Crippen LogP contribution in [0.2, 0.25) is 0 Å². The Balaban J connectivity index is 1.66. The van der Waals surface area contributed by atoms with Crippen molar-refractivity contribution in [1.29, 1.82) is 0 Å². The molecule has 3 rings (SSSR count). The summed E-state index contributed by atoms with van der Waals surface area (Å²) in [5.41, 5.74) is 1.25. The van der Waals surface area contributed by atoms with Gasteiger partial charge in [0.25, 0.3) is 0 Å². The Hall–Kier alpha value is -2.21. The average Bonchev–Trinajstić information content (AvgIpc) is 2.95. The molecule has 0 saturated heterocycles. The third kappa shape index (κ3) is 3.66. The highest BCUT2D eigenvalue weighted by Gasteiger charge is 2.04. The first-order valence-electron chi connectivity index (χ1n) is 6.56. The van der Waals surface area contributed by atoms with Gasteiger partial charge in [0, 0.05) is 31.3 Å². The van der Waals surface area contributed by atoms with E-state index >= 15 is 0 Å². The van der Waals surface area contributed by atoms with Crippen molar-refractivity contribution in [2.24, 2.45) is 0 Å². The van der Waals surface area contributed by atoms with Gasteiger partial charge in [0.2, 0.25) is 5.95 Å². The topological polar surface area (TPSA) is 55.6 Å². The highest BCUT2D eigenvalue weighted by Crippen LogP contribution is 2.09. The molecule has 6 heteroatoms. The van der Waals surface area contributed by atoms with Gasteiger partial charge in [-0.05, 0) is 21.5 Å². The van der Waals surface area contributed by atoms with Crippen LogP contribution in [0.25, 0.3) is 0 Å². The van der Waals surface area contributed by atoms with Gasteiger partial charge >= 0.3 is 0 Å². The van der Waals surface area contributed by atoms with Crippen molar-refractivity contribution in [2.75, 3.05) is 5.32 Å². The van der Waals surface area contributed by atoms with Gasteiger partial charge in [-0.3, -0.25) is 0 Å². The summed E-state index contributed by atoms with van der Waals surface area (Å²) in [4.78, 5) is 12.8. The first-order valence-corrected chi connectivity index (χ1v) is 7.36. The molecule has 0 aliphatic heterocycles. The molecule has 0 aliphatic carbocycles. The average molecular weight is 344 g/mol. The summed E-state index contributed by atoms with van der Waals surface area (Å²) in [5, 5.41) is 3.17. The molecule has 3 aromatic rings. The lowest BCUT2D eigenvalue weighted by Crippen LogP contribution is -2.10. The van der Waals surface area contributed by atoms with E-state index < -0.39 is 0 Å². The quantitative estimate of drug-likeness (QED) is 0.773. The smallest absolute Gasteiger partial charge is 0.223 e. The number of aromatic nitrogens is 4. The van der Waals surface area contributed by atoms with E-state index in [9.17, 15) is 0 Å². The molecule has 0 bridgehead atoms. The standard InChI is InChI=1S/C15H14BrN5/c16-13-8-18-15(19-9-13)20-10-14-17-6-7-21(14)11-12-4-2-1-3-5-12/h1-9H,10-11H2,(H,18,19,20). The fraction of sp³-hybridized carbons (Fsp3) is 0.133. The highest BCUT2D eigenvalue weighted by atomic mass is 79.9. The Morgan fingerprint density at radius 2 is 1.81 bits per heavy atom. The summed E-state index contributed by atoms with van der Waals surface area (Å²) in [6.45, 7) is 1.39. The molecule has 0 aliphatic rings. The zero-order valence-electron chi connectivity index (χ0n) is 11.3. The number of benzene rings is 1. The van der Waals surface area contributed by atoms with E-state index in [4.69, 9.17) is 0 Å². The maximum atomic E-state index is 4.38. The lowest BCUT2D eigenvalue weighted by atomic mass is 10.2. The van der Waals surface area contributed by atoms with Crippen LogP contribution < -0.4 is 5.32 Å². The predicted octanol–water partition coefficient (Wildman–Crippen LogP) is 3.10. The second-order valence-electron chi connectivity index (χ2n) is 4.54. The largest absolute Gasteiger partial charge is 0.347 e. The highest BCUT2D eigenvalue weighted by molar-refractivity contribution is 9.10.